The van der Waals surface area contributed by atoms with Gasteiger partial charge in [-0.3, -0.25) is 0 Å². The molecule has 3 aromatic carbocycles. The second kappa shape index (κ2) is 7.66. The van der Waals surface area contributed by atoms with Gasteiger partial charge in [-0.2, -0.15) is 0 Å². The Kier molecular flexibility index (Phi) is 4.73. The standard InChI is InChI=1S/C24H22O4/c1-3-18(20-7-11-22(12-8-20)28-24-13-25-14-24)4-2-17(1)19-5-9-21(10-6-19)26-15-23-16-27-23/h1-12,23-24H,13-16H2. The first-order valence-corrected chi connectivity index (χ1v) is 9.63. The van der Waals surface area contributed by atoms with Crippen molar-refractivity contribution in [1.82, 2.24) is 0 Å². The fourth-order valence-corrected chi connectivity index (χ4v) is 3.15. The normalized spacial score (nSPS) is 18.4. The minimum absolute atomic E-state index is 0.198. The Morgan fingerprint density at radius 3 is 1.54 bits per heavy atom. The number of hydrogen-bond donors (Lipinski definition) is 0. The van der Waals surface area contributed by atoms with E-state index in [9.17, 15) is 0 Å². The maximum Gasteiger partial charge on any atom is 0.145 e. The van der Waals surface area contributed by atoms with E-state index in [1.165, 1.54) is 22.3 Å². The molecule has 2 heterocycles. The molecule has 0 amide bonds. The van der Waals surface area contributed by atoms with Gasteiger partial charge in [0.2, 0.25) is 0 Å². The third kappa shape index (κ3) is 4.03. The monoisotopic (exact) mass is 374 g/mol. The molecule has 142 valence electrons. The summed E-state index contributed by atoms with van der Waals surface area (Å²) < 4.78 is 21.8. The lowest BCUT2D eigenvalue weighted by Gasteiger charge is -2.26. The van der Waals surface area contributed by atoms with Crippen molar-refractivity contribution in [1.29, 1.82) is 0 Å². The topological polar surface area (TPSA) is 40.2 Å². The molecule has 2 aliphatic heterocycles. The lowest BCUT2D eigenvalue weighted by atomic mass is 10.0. The number of hydrogen-bond acceptors (Lipinski definition) is 4. The molecule has 0 saturated carbocycles. The molecule has 4 nitrogen and oxygen atoms in total. The van der Waals surface area contributed by atoms with Crippen molar-refractivity contribution in [3.05, 3.63) is 72.8 Å². The Bertz CT molecular complexity index is 908. The lowest BCUT2D eigenvalue weighted by Crippen LogP contribution is -2.38. The van der Waals surface area contributed by atoms with Gasteiger partial charge in [0.05, 0.1) is 19.8 Å². The molecule has 0 bridgehead atoms. The molecule has 28 heavy (non-hydrogen) atoms. The minimum atomic E-state index is 0.198. The number of benzene rings is 3. The highest BCUT2D eigenvalue weighted by Crippen LogP contribution is 2.28. The molecule has 4 heteroatoms. The van der Waals surface area contributed by atoms with Gasteiger partial charge in [0.1, 0.15) is 30.3 Å². The van der Waals surface area contributed by atoms with Crippen LogP contribution in [0.2, 0.25) is 0 Å². The van der Waals surface area contributed by atoms with Crippen LogP contribution in [0.15, 0.2) is 72.8 Å². The molecule has 0 aliphatic carbocycles. The Hall–Kier alpha value is -2.82. The van der Waals surface area contributed by atoms with Crippen LogP contribution in [-0.2, 0) is 9.47 Å². The van der Waals surface area contributed by atoms with Crippen LogP contribution >= 0.6 is 0 Å². The maximum atomic E-state index is 5.82. The van der Waals surface area contributed by atoms with Gasteiger partial charge in [0.25, 0.3) is 0 Å². The minimum Gasteiger partial charge on any atom is -0.491 e. The van der Waals surface area contributed by atoms with Crippen molar-refractivity contribution in [2.45, 2.75) is 12.2 Å². The molecule has 3 aromatic rings. The fraction of sp³-hybridized carbons (Fsp3) is 0.250. The van der Waals surface area contributed by atoms with E-state index in [4.69, 9.17) is 18.9 Å². The summed E-state index contributed by atoms with van der Waals surface area (Å²) in [5, 5.41) is 0. The Labute approximate surface area is 164 Å². The van der Waals surface area contributed by atoms with E-state index in [-0.39, 0.29) is 12.2 Å². The first-order chi connectivity index (χ1) is 13.8. The molecule has 1 atom stereocenters. The van der Waals surface area contributed by atoms with Crippen LogP contribution in [0.25, 0.3) is 22.3 Å². The smallest absolute Gasteiger partial charge is 0.145 e. The third-order valence-corrected chi connectivity index (χ3v) is 5.01. The summed E-state index contributed by atoms with van der Waals surface area (Å²) in [5.41, 5.74) is 4.72. The number of ether oxygens (including phenoxy) is 4. The van der Waals surface area contributed by atoms with Crippen LogP contribution in [0.3, 0.4) is 0 Å². The van der Waals surface area contributed by atoms with Crippen LogP contribution < -0.4 is 9.47 Å². The van der Waals surface area contributed by atoms with Crippen molar-refractivity contribution < 1.29 is 18.9 Å². The average Bonchev–Trinajstić information content (AvgIpc) is 3.55. The summed E-state index contributed by atoms with van der Waals surface area (Å²) in [5.74, 6) is 1.77. The van der Waals surface area contributed by atoms with Gasteiger partial charge in [0, 0.05) is 0 Å². The van der Waals surface area contributed by atoms with Crippen LogP contribution in [0.4, 0.5) is 0 Å². The van der Waals surface area contributed by atoms with Gasteiger partial charge in [0.15, 0.2) is 0 Å². The second-order valence-corrected chi connectivity index (χ2v) is 7.17. The van der Waals surface area contributed by atoms with Crippen LogP contribution in [0.5, 0.6) is 11.5 Å². The van der Waals surface area contributed by atoms with Gasteiger partial charge in [-0.1, -0.05) is 48.5 Å². The molecular weight excluding hydrogens is 352 g/mol. The predicted molar refractivity (Wildman–Crippen MR) is 108 cm³/mol. The molecular formula is C24H22O4. The van der Waals surface area contributed by atoms with E-state index in [1.54, 1.807) is 0 Å². The lowest BCUT2D eigenvalue weighted by molar-refractivity contribution is -0.0796. The van der Waals surface area contributed by atoms with E-state index in [1.807, 2.05) is 24.3 Å². The van der Waals surface area contributed by atoms with Gasteiger partial charge in [-0.25, -0.2) is 0 Å². The second-order valence-electron chi connectivity index (χ2n) is 7.17. The van der Waals surface area contributed by atoms with Crippen LogP contribution in [0, 0.1) is 0 Å². The van der Waals surface area contributed by atoms with Gasteiger partial charge < -0.3 is 18.9 Å². The SMILES string of the molecule is c1cc(-c2ccc(-c3ccc(OC4COC4)cc3)cc2)ccc1OCC1CO1. The fourth-order valence-electron chi connectivity index (χ4n) is 3.15. The van der Waals surface area contributed by atoms with E-state index in [2.05, 4.69) is 48.5 Å². The summed E-state index contributed by atoms with van der Waals surface area (Å²) in [7, 11) is 0. The summed E-state index contributed by atoms with van der Waals surface area (Å²) >= 11 is 0. The van der Waals surface area contributed by atoms with Crippen LogP contribution in [-0.4, -0.2) is 38.6 Å². The van der Waals surface area contributed by atoms with Crippen molar-refractivity contribution in [3.8, 4) is 33.8 Å². The van der Waals surface area contributed by atoms with E-state index in [0.29, 0.717) is 19.8 Å². The first-order valence-electron chi connectivity index (χ1n) is 9.63. The number of rotatable bonds is 7. The zero-order valence-electron chi connectivity index (χ0n) is 15.5. The zero-order chi connectivity index (χ0) is 18.8. The molecule has 2 saturated heterocycles. The summed E-state index contributed by atoms with van der Waals surface area (Å²) in [6.45, 7) is 2.82. The molecule has 0 radical (unpaired) electrons. The highest BCUT2D eigenvalue weighted by molar-refractivity contribution is 5.71. The molecule has 5 rings (SSSR count). The summed E-state index contributed by atoms with van der Waals surface area (Å²) in [6.07, 6.45) is 0.476. The average molecular weight is 374 g/mol. The van der Waals surface area contributed by atoms with E-state index < -0.39 is 0 Å². The zero-order valence-corrected chi connectivity index (χ0v) is 15.5. The Morgan fingerprint density at radius 2 is 1.11 bits per heavy atom. The maximum absolute atomic E-state index is 5.82. The first kappa shape index (κ1) is 17.3. The molecule has 0 N–H and O–H groups in total. The third-order valence-electron chi connectivity index (χ3n) is 5.01. The van der Waals surface area contributed by atoms with Crippen molar-refractivity contribution in [3.63, 3.8) is 0 Å². The van der Waals surface area contributed by atoms with Gasteiger partial charge in [-0.05, 0) is 46.5 Å². The highest BCUT2D eigenvalue weighted by Gasteiger charge is 2.23. The van der Waals surface area contributed by atoms with Crippen molar-refractivity contribution >= 4 is 0 Å². The van der Waals surface area contributed by atoms with Crippen LogP contribution in [0.1, 0.15) is 0 Å². The summed E-state index contributed by atoms with van der Waals surface area (Å²) in [4.78, 5) is 0. The van der Waals surface area contributed by atoms with Gasteiger partial charge >= 0.3 is 0 Å². The molecule has 0 spiro atoms. The molecule has 2 fully saturated rings. The number of epoxide rings is 1. The Balaban J connectivity index is 1.24. The summed E-state index contributed by atoms with van der Waals surface area (Å²) in [6, 6.07) is 25.1. The van der Waals surface area contributed by atoms with Crippen molar-refractivity contribution in [2.75, 3.05) is 26.4 Å². The molecule has 2 aliphatic rings. The molecule has 0 aromatic heterocycles. The van der Waals surface area contributed by atoms with E-state index in [0.717, 1.165) is 18.1 Å². The quantitative estimate of drug-likeness (QED) is 0.568. The molecule has 1 unspecified atom stereocenters. The van der Waals surface area contributed by atoms with E-state index >= 15 is 0 Å². The van der Waals surface area contributed by atoms with Crippen molar-refractivity contribution in [2.24, 2.45) is 0 Å². The predicted octanol–water partition coefficient (Wildman–Crippen LogP) is 4.58. The highest BCUT2D eigenvalue weighted by atomic mass is 16.6. The van der Waals surface area contributed by atoms with Gasteiger partial charge in [-0.15, -0.1) is 0 Å². The Morgan fingerprint density at radius 1 is 0.643 bits per heavy atom. The largest absolute Gasteiger partial charge is 0.491 e.